The largest absolute Gasteiger partial charge is 0.377 e. The predicted molar refractivity (Wildman–Crippen MR) is 109 cm³/mol. The molecule has 0 saturated carbocycles. The second-order valence-electron chi connectivity index (χ2n) is 7.14. The van der Waals surface area contributed by atoms with Crippen molar-refractivity contribution in [3.05, 3.63) is 17.0 Å². The van der Waals surface area contributed by atoms with Gasteiger partial charge < -0.3 is 20.3 Å². The average Bonchev–Trinajstić information content (AvgIpc) is 2.82. The van der Waals surface area contributed by atoms with E-state index in [1.165, 1.54) is 11.3 Å². The summed E-state index contributed by atoms with van der Waals surface area (Å²) in [5.41, 5.74) is 3.63. The molecule has 1 aromatic heterocycles. The van der Waals surface area contributed by atoms with Gasteiger partial charge in [0.15, 0.2) is 5.96 Å². The highest BCUT2D eigenvalue weighted by atomic mass is 16.5. The zero-order valence-electron chi connectivity index (χ0n) is 17.9. The van der Waals surface area contributed by atoms with Gasteiger partial charge in [0, 0.05) is 45.5 Å². The van der Waals surface area contributed by atoms with E-state index in [1.807, 2.05) is 18.7 Å². The summed E-state index contributed by atoms with van der Waals surface area (Å²) in [6, 6.07) is 0.259. The van der Waals surface area contributed by atoms with Crippen LogP contribution < -0.4 is 10.6 Å². The summed E-state index contributed by atoms with van der Waals surface area (Å²) in [5, 5.41) is 11.4. The van der Waals surface area contributed by atoms with Crippen LogP contribution in [0.5, 0.6) is 0 Å². The molecule has 2 atom stereocenters. The van der Waals surface area contributed by atoms with Crippen molar-refractivity contribution in [3.63, 3.8) is 0 Å². The molecule has 0 saturated heterocycles. The average molecular weight is 367 g/mol. The van der Waals surface area contributed by atoms with Gasteiger partial charge in [-0.15, -0.1) is 0 Å². The molecule has 0 radical (unpaired) electrons. The maximum absolute atomic E-state index is 5.84. The first-order chi connectivity index (χ1) is 12.3. The van der Waals surface area contributed by atoms with E-state index in [0.29, 0.717) is 0 Å². The molecule has 7 heteroatoms. The van der Waals surface area contributed by atoms with Crippen LogP contribution in [0.3, 0.4) is 0 Å². The molecule has 1 aromatic rings. The minimum Gasteiger partial charge on any atom is -0.377 e. The number of guanidine groups is 1. The number of nitrogens with zero attached hydrogens (tertiary/aromatic N) is 4. The van der Waals surface area contributed by atoms with Crippen LogP contribution in [-0.2, 0) is 18.2 Å². The third-order valence-corrected chi connectivity index (χ3v) is 4.57. The minimum absolute atomic E-state index is 0.180. The second kappa shape index (κ2) is 11.2. The smallest absolute Gasteiger partial charge is 0.191 e. The number of hydrogen-bond donors (Lipinski definition) is 2. The fourth-order valence-corrected chi connectivity index (χ4v) is 2.99. The van der Waals surface area contributed by atoms with Crippen LogP contribution in [-0.4, -0.2) is 73.6 Å². The van der Waals surface area contributed by atoms with Crippen LogP contribution in [0.2, 0.25) is 0 Å². The molecule has 1 rings (SSSR count). The van der Waals surface area contributed by atoms with Gasteiger partial charge in [-0.1, -0.05) is 0 Å². The van der Waals surface area contributed by atoms with Gasteiger partial charge in [-0.05, 0) is 60.2 Å². The first-order valence-electron chi connectivity index (χ1n) is 9.51. The zero-order valence-corrected chi connectivity index (χ0v) is 17.9. The van der Waals surface area contributed by atoms with E-state index in [2.05, 4.69) is 60.5 Å². The quantitative estimate of drug-likeness (QED) is 0.485. The molecule has 150 valence electrons. The minimum atomic E-state index is 0.180. The number of aryl methyl sites for hydroxylation is 2. The Morgan fingerprint density at radius 1 is 1.35 bits per heavy atom. The van der Waals surface area contributed by atoms with E-state index in [0.717, 1.165) is 44.2 Å². The van der Waals surface area contributed by atoms with E-state index >= 15 is 0 Å². The van der Waals surface area contributed by atoms with E-state index in [1.54, 1.807) is 7.05 Å². The molecule has 0 bridgehead atoms. The Labute approximate surface area is 159 Å². The molecule has 0 fully saturated rings. The van der Waals surface area contributed by atoms with Crippen molar-refractivity contribution in [1.29, 1.82) is 0 Å². The maximum atomic E-state index is 5.84. The number of nitrogens with one attached hydrogen (secondary N) is 2. The molecule has 0 spiro atoms. The molecule has 0 aromatic carbocycles. The van der Waals surface area contributed by atoms with Crippen LogP contribution >= 0.6 is 0 Å². The van der Waals surface area contributed by atoms with Gasteiger partial charge in [0.1, 0.15) is 0 Å². The second-order valence-corrected chi connectivity index (χ2v) is 7.14. The molecular formula is C19H38N6O. The van der Waals surface area contributed by atoms with Gasteiger partial charge in [0.2, 0.25) is 0 Å². The Morgan fingerprint density at radius 2 is 2.04 bits per heavy atom. The third-order valence-electron chi connectivity index (χ3n) is 4.57. The Bertz CT molecular complexity index is 567. The van der Waals surface area contributed by atoms with Crippen molar-refractivity contribution >= 4 is 5.96 Å². The van der Waals surface area contributed by atoms with Gasteiger partial charge in [-0.2, -0.15) is 5.10 Å². The Hall–Kier alpha value is -1.60. The van der Waals surface area contributed by atoms with Crippen molar-refractivity contribution in [3.8, 4) is 0 Å². The SMILES string of the molecule is CCOC(CCN(C)C)CNC(=NC)NC(C)Cc1c(C)nn(C)c1C. The number of ether oxygens (including phenoxy) is 1. The molecule has 26 heavy (non-hydrogen) atoms. The summed E-state index contributed by atoms with van der Waals surface area (Å²) in [6.45, 7) is 10.9. The van der Waals surface area contributed by atoms with Gasteiger partial charge in [0.25, 0.3) is 0 Å². The van der Waals surface area contributed by atoms with E-state index in [9.17, 15) is 0 Å². The molecule has 0 aliphatic heterocycles. The van der Waals surface area contributed by atoms with Crippen LogP contribution in [0.1, 0.15) is 37.2 Å². The molecule has 0 aliphatic carbocycles. The van der Waals surface area contributed by atoms with Crippen LogP contribution in [0.15, 0.2) is 4.99 Å². The van der Waals surface area contributed by atoms with E-state index < -0.39 is 0 Å². The van der Waals surface area contributed by atoms with Crippen molar-refractivity contribution in [1.82, 2.24) is 25.3 Å². The van der Waals surface area contributed by atoms with Crippen LogP contribution in [0, 0.1) is 13.8 Å². The van der Waals surface area contributed by atoms with E-state index in [4.69, 9.17) is 4.74 Å². The summed E-state index contributed by atoms with van der Waals surface area (Å²) < 4.78 is 7.79. The highest BCUT2D eigenvalue weighted by molar-refractivity contribution is 5.80. The first-order valence-corrected chi connectivity index (χ1v) is 9.51. The molecule has 2 N–H and O–H groups in total. The van der Waals surface area contributed by atoms with Crippen molar-refractivity contribution in [2.45, 2.75) is 52.7 Å². The van der Waals surface area contributed by atoms with E-state index in [-0.39, 0.29) is 12.1 Å². The molecule has 7 nitrogen and oxygen atoms in total. The molecule has 1 heterocycles. The Kier molecular flexibility index (Phi) is 9.65. The third kappa shape index (κ3) is 7.33. The van der Waals surface area contributed by atoms with Crippen molar-refractivity contribution < 1.29 is 4.74 Å². The molecule has 0 aliphatic rings. The first kappa shape index (κ1) is 22.4. The number of aromatic nitrogens is 2. The topological polar surface area (TPSA) is 66.7 Å². The zero-order chi connectivity index (χ0) is 19.7. The highest BCUT2D eigenvalue weighted by Crippen LogP contribution is 2.14. The standard InChI is InChI=1S/C19H38N6O/c1-9-26-17(10-11-24(6)7)13-21-19(20-5)22-14(2)12-18-15(3)23-25(8)16(18)4/h14,17H,9-13H2,1-8H3,(H2,20,21,22). The molecule has 0 amide bonds. The number of aliphatic imine (C=N–C) groups is 1. The van der Waals surface area contributed by atoms with Crippen LogP contribution in [0.4, 0.5) is 0 Å². The predicted octanol–water partition coefficient (Wildman–Crippen LogP) is 1.49. The maximum Gasteiger partial charge on any atom is 0.191 e. The van der Waals surface area contributed by atoms with Gasteiger partial charge in [0.05, 0.1) is 11.8 Å². The monoisotopic (exact) mass is 366 g/mol. The summed E-state index contributed by atoms with van der Waals surface area (Å²) >= 11 is 0. The lowest BCUT2D eigenvalue weighted by Crippen LogP contribution is -2.46. The summed E-state index contributed by atoms with van der Waals surface area (Å²) in [7, 11) is 7.96. The fraction of sp³-hybridized carbons (Fsp3) is 0.789. The van der Waals surface area contributed by atoms with Gasteiger partial charge >= 0.3 is 0 Å². The fourth-order valence-electron chi connectivity index (χ4n) is 2.99. The van der Waals surface area contributed by atoms with Gasteiger partial charge in [-0.3, -0.25) is 9.67 Å². The highest BCUT2D eigenvalue weighted by Gasteiger charge is 2.15. The van der Waals surface area contributed by atoms with Crippen LogP contribution in [0.25, 0.3) is 0 Å². The van der Waals surface area contributed by atoms with Gasteiger partial charge in [-0.25, -0.2) is 0 Å². The lowest BCUT2D eigenvalue weighted by molar-refractivity contribution is 0.0548. The Morgan fingerprint density at radius 3 is 2.54 bits per heavy atom. The lowest BCUT2D eigenvalue weighted by Gasteiger charge is -2.23. The number of rotatable bonds is 10. The number of hydrogen-bond acceptors (Lipinski definition) is 4. The summed E-state index contributed by atoms with van der Waals surface area (Å²) in [6.07, 6.45) is 2.09. The van der Waals surface area contributed by atoms with Crippen molar-refractivity contribution in [2.75, 3.05) is 40.8 Å². The summed E-state index contributed by atoms with van der Waals surface area (Å²) in [4.78, 5) is 6.53. The van der Waals surface area contributed by atoms with Crippen molar-refractivity contribution in [2.24, 2.45) is 12.0 Å². The lowest BCUT2D eigenvalue weighted by atomic mass is 10.1. The summed E-state index contributed by atoms with van der Waals surface area (Å²) in [5.74, 6) is 0.811. The molecule has 2 unspecified atom stereocenters. The normalized spacial score (nSPS) is 14.6. The Balaban J connectivity index is 2.54. The molecular weight excluding hydrogens is 328 g/mol.